The first kappa shape index (κ1) is 38.6. The number of alkyl carbamates (subject to hydrolysis) is 1. The number of aromatic nitrogens is 3. The maximum atomic E-state index is 17.6. The molecule has 1 N–H and O–H groups in total. The molecule has 4 saturated heterocycles. The van der Waals surface area contributed by atoms with E-state index in [0.717, 1.165) is 31.4 Å². The number of nitrogens with one attached hydrogen (secondary N) is 1. The van der Waals surface area contributed by atoms with Gasteiger partial charge in [-0.15, -0.1) is 0 Å². The van der Waals surface area contributed by atoms with Crippen LogP contribution in [-0.4, -0.2) is 127 Å². The minimum absolute atomic E-state index is 0.00472. The monoisotopic (exact) mass is 801 g/mol. The van der Waals surface area contributed by atoms with E-state index in [-0.39, 0.29) is 42.7 Å². The largest absolute Gasteiger partial charge is 0.461 e. The third kappa shape index (κ3) is 7.02. The summed E-state index contributed by atoms with van der Waals surface area (Å²) < 4.78 is 61.4. The molecule has 6 bridgehead atoms. The number of piperidine rings is 1. The molecule has 10 rings (SSSR count). The summed E-state index contributed by atoms with van der Waals surface area (Å²) >= 11 is 0. The molecule has 0 unspecified atom stereocenters. The van der Waals surface area contributed by atoms with E-state index >= 15 is 4.39 Å². The molecule has 4 fully saturated rings. The van der Waals surface area contributed by atoms with Gasteiger partial charge in [-0.3, -0.25) is 9.88 Å². The van der Waals surface area contributed by atoms with Crippen molar-refractivity contribution < 1.29 is 42.1 Å². The van der Waals surface area contributed by atoms with Crippen LogP contribution in [0.5, 0.6) is 11.8 Å². The molecular weight excluding hydrogens is 752 g/mol. The minimum atomic E-state index is -0.946. The van der Waals surface area contributed by atoms with Gasteiger partial charge in [0.1, 0.15) is 35.6 Å². The first-order valence-corrected chi connectivity index (χ1v) is 20.2. The van der Waals surface area contributed by atoms with Crippen molar-refractivity contribution >= 4 is 39.7 Å². The number of rotatable bonds is 6. The molecular formula is C42H49F2N7O7. The van der Waals surface area contributed by atoms with Crippen LogP contribution in [0.2, 0.25) is 0 Å². The summed E-state index contributed by atoms with van der Waals surface area (Å²) in [6.45, 7) is 4.94. The Balaban J connectivity index is 1.17. The van der Waals surface area contributed by atoms with Crippen LogP contribution in [0.25, 0.3) is 32.9 Å². The quantitative estimate of drug-likeness (QED) is 0.223. The number of nitrogens with zero attached hydrogens (tertiary/aromatic N) is 6. The minimum Gasteiger partial charge on any atom is -0.461 e. The van der Waals surface area contributed by atoms with Crippen molar-refractivity contribution in [3.05, 3.63) is 47.9 Å². The fraction of sp³-hybridized carbons (Fsp3) is 0.548. The molecule has 0 spiro atoms. The van der Waals surface area contributed by atoms with E-state index < -0.39 is 41.0 Å². The molecule has 0 saturated carbocycles. The number of pyridine rings is 1. The van der Waals surface area contributed by atoms with Crippen LogP contribution in [-0.2, 0) is 20.6 Å². The highest BCUT2D eigenvalue weighted by Gasteiger charge is 2.49. The molecule has 0 radical (unpaired) electrons. The average Bonchev–Trinajstić information content (AvgIpc) is 3.91. The van der Waals surface area contributed by atoms with E-state index in [1.54, 1.807) is 18.3 Å². The number of alkyl halides is 1. The Morgan fingerprint density at radius 2 is 1.90 bits per heavy atom. The fourth-order valence-corrected chi connectivity index (χ4v) is 9.82. The van der Waals surface area contributed by atoms with Gasteiger partial charge in [-0.1, -0.05) is 18.2 Å². The number of likely N-dealkylation sites (tertiary alicyclic amines) is 1. The van der Waals surface area contributed by atoms with E-state index in [0.29, 0.717) is 85.8 Å². The third-order valence-electron chi connectivity index (χ3n) is 12.8. The lowest BCUT2D eigenvalue weighted by Gasteiger charge is -2.41. The smallest absolute Gasteiger partial charge is 0.415 e. The normalized spacial score (nSPS) is 25.9. The zero-order valence-electron chi connectivity index (χ0n) is 33.2. The fourth-order valence-electron chi connectivity index (χ4n) is 9.82. The summed E-state index contributed by atoms with van der Waals surface area (Å²) in [5.74, 6) is -1.00. The molecule has 308 valence electrons. The first-order valence-electron chi connectivity index (χ1n) is 20.2. The van der Waals surface area contributed by atoms with Gasteiger partial charge in [-0.05, 0) is 80.5 Å². The molecule has 3 atom stereocenters. The highest BCUT2D eigenvalue weighted by atomic mass is 19.1. The Kier molecular flexibility index (Phi) is 9.99. The second-order valence-corrected chi connectivity index (χ2v) is 16.7. The van der Waals surface area contributed by atoms with Crippen molar-refractivity contribution in [2.75, 3.05) is 71.6 Å². The zero-order chi connectivity index (χ0) is 40.2. The first-order chi connectivity index (χ1) is 28.0. The van der Waals surface area contributed by atoms with Gasteiger partial charge in [0.25, 0.3) is 0 Å². The summed E-state index contributed by atoms with van der Waals surface area (Å²) in [5, 5.41) is 4.86. The number of aryl methyl sites for hydroxylation is 1. The number of benzene rings is 2. The van der Waals surface area contributed by atoms with Crippen molar-refractivity contribution in [3.63, 3.8) is 0 Å². The molecule has 2 amide bonds. The molecule has 2 aromatic carbocycles. The van der Waals surface area contributed by atoms with E-state index in [1.165, 1.54) is 19.1 Å². The van der Waals surface area contributed by atoms with Gasteiger partial charge in [-0.2, -0.15) is 9.97 Å². The van der Waals surface area contributed by atoms with Crippen LogP contribution < -0.4 is 19.7 Å². The van der Waals surface area contributed by atoms with Crippen molar-refractivity contribution in [1.82, 2.24) is 30.1 Å². The molecule has 16 heteroatoms. The molecule has 4 aromatic rings. The van der Waals surface area contributed by atoms with E-state index in [9.17, 15) is 14.0 Å². The number of carbonyl (C=O) groups excluding carboxylic acids is 2. The van der Waals surface area contributed by atoms with Gasteiger partial charge in [-0.25, -0.2) is 18.4 Å². The van der Waals surface area contributed by atoms with Crippen molar-refractivity contribution in [2.45, 2.75) is 81.3 Å². The van der Waals surface area contributed by atoms with Crippen molar-refractivity contribution in [2.24, 2.45) is 0 Å². The maximum Gasteiger partial charge on any atom is 0.415 e. The van der Waals surface area contributed by atoms with Crippen LogP contribution >= 0.6 is 0 Å². The van der Waals surface area contributed by atoms with Gasteiger partial charge >= 0.3 is 18.2 Å². The Labute approximate surface area is 335 Å². The van der Waals surface area contributed by atoms with Crippen molar-refractivity contribution in [3.8, 4) is 23.0 Å². The predicted molar refractivity (Wildman–Crippen MR) is 210 cm³/mol. The molecule has 6 aliphatic heterocycles. The topological polar surface area (TPSA) is 141 Å². The molecule has 58 heavy (non-hydrogen) atoms. The Hall–Kier alpha value is -4.93. The number of methoxy groups -OCH3 is 2. The van der Waals surface area contributed by atoms with E-state index in [2.05, 4.69) is 10.2 Å². The number of hydrogen-bond acceptors (Lipinski definition) is 12. The lowest BCUT2D eigenvalue weighted by Crippen LogP contribution is -2.57. The van der Waals surface area contributed by atoms with Crippen LogP contribution in [0.3, 0.4) is 0 Å². The predicted octanol–water partition coefficient (Wildman–Crippen LogP) is 6.16. The summed E-state index contributed by atoms with van der Waals surface area (Å²) in [4.78, 5) is 46.7. The van der Waals surface area contributed by atoms with E-state index in [4.69, 9.17) is 38.6 Å². The third-order valence-corrected chi connectivity index (χ3v) is 12.8. The van der Waals surface area contributed by atoms with Gasteiger partial charge in [0.2, 0.25) is 0 Å². The van der Waals surface area contributed by atoms with Crippen molar-refractivity contribution in [1.29, 1.82) is 0 Å². The van der Waals surface area contributed by atoms with E-state index in [1.807, 2.05) is 30.0 Å². The highest BCUT2D eigenvalue weighted by molar-refractivity contribution is 6.02. The van der Waals surface area contributed by atoms with Gasteiger partial charge in [0.15, 0.2) is 11.6 Å². The number of hydrogen-bond donors (Lipinski definition) is 1. The van der Waals surface area contributed by atoms with Crippen LogP contribution in [0.1, 0.15) is 57.4 Å². The van der Waals surface area contributed by atoms with Crippen LogP contribution in [0, 0.1) is 5.82 Å². The number of carbonyl (C=O) groups is 2. The number of anilines is 1. The Morgan fingerprint density at radius 3 is 2.72 bits per heavy atom. The molecule has 6 aliphatic rings. The SMILES string of the molecule is COC1(OC)CCN(C(=O)Oc2cc3c4c(cccc4c2)CCCOC(=O)N[C@]2(C)CCCN(C2)c2nc(OC[C@@]45CCCN4C[C@H](F)C5)nc4c(F)c-3ncc24)C1. The Bertz CT molecular complexity index is 2260. The Morgan fingerprint density at radius 1 is 1.05 bits per heavy atom. The highest BCUT2D eigenvalue weighted by Crippen LogP contribution is 2.42. The second-order valence-electron chi connectivity index (χ2n) is 16.7. The number of ether oxygens (including phenoxy) is 5. The summed E-state index contributed by atoms with van der Waals surface area (Å²) in [6.07, 6.45) is 4.51. The molecule has 0 aliphatic carbocycles. The average molecular weight is 802 g/mol. The maximum absolute atomic E-state index is 17.6. The second kappa shape index (κ2) is 15.0. The summed E-state index contributed by atoms with van der Waals surface area (Å²) in [5.41, 5.74) is 0.137. The number of amides is 2. The lowest BCUT2D eigenvalue weighted by molar-refractivity contribution is -0.194. The zero-order valence-corrected chi connectivity index (χ0v) is 33.2. The van der Waals surface area contributed by atoms with Gasteiger partial charge in [0, 0.05) is 65.0 Å². The number of halogens is 2. The summed E-state index contributed by atoms with van der Waals surface area (Å²) in [7, 11) is 3.08. The van der Waals surface area contributed by atoms with Gasteiger partial charge in [0.05, 0.1) is 29.6 Å². The van der Waals surface area contributed by atoms with Crippen LogP contribution in [0.15, 0.2) is 36.5 Å². The molecule has 8 heterocycles. The van der Waals surface area contributed by atoms with Crippen LogP contribution in [0.4, 0.5) is 24.2 Å². The van der Waals surface area contributed by atoms with Gasteiger partial charge < -0.3 is 38.8 Å². The number of fused-ring (bicyclic) bond motifs is 7. The standard InChI is InChI=1S/C42H49F2N7O7/c1-40-11-6-14-49(23-40)36-31-21-45-34(33(44)35(31)46-37(47-36)57-25-41-12-7-15-51(41)22-28(43)20-41)30-19-29(58-39(53)50-16-13-42(24-50,54-2)55-3)18-27-9-4-8-26(32(27)30)10-5-17-56-38(52)48-40/h4,8-9,18-19,21,28H,5-7,10-17,20,22-25H2,1-3H3,(H,48,52)/t28-,40-,41+/m1/s1. The molecule has 2 aromatic heterocycles. The summed E-state index contributed by atoms with van der Waals surface area (Å²) in [6, 6.07) is 9.06. The lowest BCUT2D eigenvalue weighted by atomic mass is 9.91. The molecule has 14 nitrogen and oxygen atoms in total.